The summed E-state index contributed by atoms with van der Waals surface area (Å²) in [4.78, 5) is 26.3. The maximum Gasteiger partial charge on any atom is 0.273 e. The second kappa shape index (κ2) is 9.21. The van der Waals surface area contributed by atoms with Gasteiger partial charge >= 0.3 is 0 Å². The first-order valence-corrected chi connectivity index (χ1v) is 10.0. The molecule has 1 saturated heterocycles. The molecule has 7 nitrogen and oxygen atoms in total. The number of hydrogen-bond donors (Lipinski definition) is 1. The van der Waals surface area contributed by atoms with Gasteiger partial charge in [-0.3, -0.25) is 9.59 Å². The molecule has 2 amide bonds. The van der Waals surface area contributed by atoms with Crippen LogP contribution in [0.25, 0.3) is 0 Å². The Morgan fingerprint density at radius 1 is 1.09 bits per heavy atom. The summed E-state index contributed by atoms with van der Waals surface area (Å²) >= 11 is 0. The molecule has 0 unspecified atom stereocenters. The summed E-state index contributed by atoms with van der Waals surface area (Å²) in [7, 11) is 0. The zero-order chi connectivity index (χ0) is 22.7. The SMILES string of the molecule is O=C(NCc1ccccc1)c1cn(C[C@@H]2C[C@H](F)CN2C(=O)c2ccc(F)c(F)c2)nn1. The maximum absolute atomic E-state index is 14.1. The van der Waals surface area contributed by atoms with E-state index in [1.165, 1.54) is 15.8 Å². The van der Waals surface area contributed by atoms with Crippen molar-refractivity contribution >= 4 is 11.8 Å². The topological polar surface area (TPSA) is 80.1 Å². The average Bonchev–Trinajstić information content (AvgIpc) is 3.41. The van der Waals surface area contributed by atoms with Crippen LogP contribution >= 0.6 is 0 Å². The predicted molar refractivity (Wildman–Crippen MR) is 108 cm³/mol. The van der Waals surface area contributed by atoms with Crippen LogP contribution in [0.5, 0.6) is 0 Å². The lowest BCUT2D eigenvalue weighted by molar-refractivity contribution is 0.0713. The fourth-order valence-corrected chi connectivity index (χ4v) is 3.65. The number of nitrogens with zero attached hydrogens (tertiary/aromatic N) is 4. The standard InChI is InChI=1S/C22H20F3N5O2/c23-16-9-17(30(11-16)22(32)15-6-7-18(24)19(25)8-15)12-29-13-20(27-28-29)21(31)26-10-14-4-2-1-3-5-14/h1-8,13,16-17H,9-12H2,(H,26,31)/t16-,17-/m0/s1. The van der Waals surface area contributed by atoms with E-state index in [0.29, 0.717) is 6.54 Å². The highest BCUT2D eigenvalue weighted by atomic mass is 19.2. The van der Waals surface area contributed by atoms with Crippen molar-refractivity contribution in [2.45, 2.75) is 31.7 Å². The number of aromatic nitrogens is 3. The van der Waals surface area contributed by atoms with E-state index in [9.17, 15) is 22.8 Å². The van der Waals surface area contributed by atoms with E-state index in [2.05, 4.69) is 15.6 Å². The molecule has 1 aliphatic rings. The van der Waals surface area contributed by atoms with Crippen LogP contribution in [0.2, 0.25) is 0 Å². The summed E-state index contributed by atoms with van der Waals surface area (Å²) in [5, 5.41) is 10.5. The zero-order valence-electron chi connectivity index (χ0n) is 16.9. The van der Waals surface area contributed by atoms with Crippen LogP contribution in [-0.4, -0.2) is 50.5 Å². The Kier molecular flexibility index (Phi) is 6.20. The Balaban J connectivity index is 1.41. The van der Waals surface area contributed by atoms with Crippen LogP contribution in [0, 0.1) is 11.6 Å². The van der Waals surface area contributed by atoms with Crippen molar-refractivity contribution < 1.29 is 22.8 Å². The Hall–Kier alpha value is -3.69. The molecule has 3 aromatic rings. The minimum Gasteiger partial charge on any atom is -0.347 e. The number of alkyl halides is 1. The van der Waals surface area contributed by atoms with Crippen molar-refractivity contribution in [1.29, 1.82) is 0 Å². The number of carbonyl (C=O) groups excluding carboxylic acids is 2. The smallest absolute Gasteiger partial charge is 0.273 e. The fourth-order valence-electron chi connectivity index (χ4n) is 3.65. The average molecular weight is 443 g/mol. The molecule has 0 radical (unpaired) electrons. The summed E-state index contributed by atoms with van der Waals surface area (Å²) in [5.41, 5.74) is 0.955. The summed E-state index contributed by atoms with van der Waals surface area (Å²) < 4.78 is 42.2. The van der Waals surface area contributed by atoms with Gasteiger partial charge in [-0.05, 0) is 23.8 Å². The highest BCUT2D eigenvalue weighted by Gasteiger charge is 2.36. The van der Waals surface area contributed by atoms with Gasteiger partial charge in [-0.25, -0.2) is 17.9 Å². The Labute approximate surface area is 181 Å². The molecule has 1 fully saturated rings. The lowest BCUT2D eigenvalue weighted by Gasteiger charge is -2.24. The molecular weight excluding hydrogens is 423 g/mol. The summed E-state index contributed by atoms with van der Waals surface area (Å²) in [6.45, 7) is 0.269. The monoisotopic (exact) mass is 443 g/mol. The normalized spacial score (nSPS) is 18.0. The molecule has 32 heavy (non-hydrogen) atoms. The lowest BCUT2D eigenvalue weighted by Crippen LogP contribution is -2.38. The number of rotatable bonds is 6. The number of likely N-dealkylation sites (tertiary alicyclic amines) is 1. The van der Waals surface area contributed by atoms with Gasteiger partial charge in [0.05, 0.1) is 25.3 Å². The number of halogens is 3. The number of hydrogen-bond acceptors (Lipinski definition) is 4. The summed E-state index contributed by atoms with van der Waals surface area (Å²) in [5.74, 6) is -3.23. The van der Waals surface area contributed by atoms with Gasteiger partial charge in [-0.1, -0.05) is 35.5 Å². The maximum atomic E-state index is 14.1. The second-order valence-corrected chi connectivity index (χ2v) is 7.57. The molecule has 2 aromatic carbocycles. The minimum atomic E-state index is -1.26. The second-order valence-electron chi connectivity index (χ2n) is 7.57. The molecule has 4 rings (SSSR count). The minimum absolute atomic E-state index is 0.0603. The Bertz CT molecular complexity index is 1120. The first kappa shape index (κ1) is 21.5. The van der Waals surface area contributed by atoms with E-state index in [0.717, 1.165) is 23.8 Å². The number of benzene rings is 2. The van der Waals surface area contributed by atoms with Gasteiger partial charge in [0, 0.05) is 18.5 Å². The molecule has 0 aliphatic carbocycles. The highest BCUT2D eigenvalue weighted by molar-refractivity contribution is 5.94. The van der Waals surface area contributed by atoms with Gasteiger partial charge in [-0.15, -0.1) is 5.10 Å². The molecule has 10 heteroatoms. The lowest BCUT2D eigenvalue weighted by atomic mass is 10.1. The molecule has 0 spiro atoms. The van der Waals surface area contributed by atoms with Gasteiger partial charge < -0.3 is 10.2 Å². The van der Waals surface area contributed by atoms with Crippen LogP contribution in [0.4, 0.5) is 13.2 Å². The van der Waals surface area contributed by atoms with E-state index in [1.807, 2.05) is 30.3 Å². The highest BCUT2D eigenvalue weighted by Crippen LogP contribution is 2.24. The van der Waals surface area contributed by atoms with Gasteiger partial charge in [-0.2, -0.15) is 0 Å². The third-order valence-corrected chi connectivity index (χ3v) is 5.26. The Morgan fingerprint density at radius 2 is 1.88 bits per heavy atom. The van der Waals surface area contributed by atoms with E-state index in [-0.39, 0.29) is 30.8 Å². The number of carbonyl (C=O) groups is 2. The molecule has 166 valence electrons. The van der Waals surface area contributed by atoms with Crippen LogP contribution in [0.15, 0.2) is 54.7 Å². The van der Waals surface area contributed by atoms with E-state index < -0.39 is 35.7 Å². The molecule has 0 saturated carbocycles. The summed E-state index contributed by atoms with van der Waals surface area (Å²) in [6, 6.07) is 11.6. The molecular formula is C22H20F3N5O2. The van der Waals surface area contributed by atoms with E-state index in [4.69, 9.17) is 0 Å². The van der Waals surface area contributed by atoms with Crippen LogP contribution in [0.3, 0.4) is 0 Å². The quantitative estimate of drug-likeness (QED) is 0.636. The van der Waals surface area contributed by atoms with Crippen molar-refractivity contribution in [1.82, 2.24) is 25.2 Å². The molecule has 2 atom stereocenters. The third-order valence-electron chi connectivity index (χ3n) is 5.26. The molecule has 1 aliphatic heterocycles. The third kappa shape index (κ3) is 4.79. The van der Waals surface area contributed by atoms with E-state index in [1.54, 1.807) is 0 Å². The first-order valence-electron chi connectivity index (χ1n) is 10.0. The van der Waals surface area contributed by atoms with Gasteiger partial charge in [0.1, 0.15) is 6.17 Å². The molecule has 1 aromatic heterocycles. The van der Waals surface area contributed by atoms with Crippen LogP contribution in [-0.2, 0) is 13.1 Å². The van der Waals surface area contributed by atoms with Gasteiger partial charge in [0.2, 0.25) is 0 Å². The number of nitrogens with one attached hydrogen (secondary N) is 1. The fraction of sp³-hybridized carbons (Fsp3) is 0.273. The molecule has 2 heterocycles. The van der Waals surface area contributed by atoms with Crippen molar-refractivity contribution in [3.8, 4) is 0 Å². The molecule has 0 bridgehead atoms. The first-order chi connectivity index (χ1) is 15.4. The van der Waals surface area contributed by atoms with Crippen LogP contribution in [0.1, 0.15) is 32.8 Å². The van der Waals surface area contributed by atoms with Crippen molar-refractivity contribution in [2.24, 2.45) is 0 Å². The molecule has 1 N–H and O–H groups in total. The van der Waals surface area contributed by atoms with Gasteiger partial charge in [0.15, 0.2) is 17.3 Å². The largest absolute Gasteiger partial charge is 0.347 e. The summed E-state index contributed by atoms with van der Waals surface area (Å²) in [6.07, 6.45) is 0.225. The van der Waals surface area contributed by atoms with Crippen molar-refractivity contribution in [3.63, 3.8) is 0 Å². The van der Waals surface area contributed by atoms with Gasteiger partial charge in [0.25, 0.3) is 11.8 Å². The Morgan fingerprint density at radius 3 is 2.62 bits per heavy atom. The van der Waals surface area contributed by atoms with Crippen LogP contribution < -0.4 is 5.32 Å². The van der Waals surface area contributed by atoms with E-state index >= 15 is 0 Å². The van der Waals surface area contributed by atoms with Crippen molar-refractivity contribution in [2.75, 3.05) is 6.54 Å². The predicted octanol–water partition coefficient (Wildman–Crippen LogP) is 2.74. The zero-order valence-corrected chi connectivity index (χ0v) is 16.9. The number of amides is 2. The van der Waals surface area contributed by atoms with Crippen molar-refractivity contribution in [3.05, 3.63) is 83.2 Å².